The van der Waals surface area contributed by atoms with Crippen LogP contribution in [0.4, 0.5) is 0 Å². The molecule has 0 bridgehead atoms. The van der Waals surface area contributed by atoms with Crippen LogP contribution in [-0.2, 0) is 30.8 Å². The van der Waals surface area contributed by atoms with Crippen molar-refractivity contribution in [2.45, 2.75) is 30.1 Å². The molecule has 1 saturated heterocycles. The van der Waals surface area contributed by atoms with Crippen molar-refractivity contribution in [1.82, 2.24) is 14.1 Å². The van der Waals surface area contributed by atoms with Crippen LogP contribution in [0.5, 0.6) is 17.2 Å². The fourth-order valence-corrected chi connectivity index (χ4v) is 7.47. The maximum Gasteiger partial charge on any atom is 0.288 e. The summed E-state index contributed by atoms with van der Waals surface area (Å²) in [5, 5.41) is 9.63. The predicted molar refractivity (Wildman–Crippen MR) is 176 cm³/mol. The number of fused-ring (bicyclic) bond motifs is 1. The van der Waals surface area contributed by atoms with Gasteiger partial charge in [0, 0.05) is 58.2 Å². The lowest BCUT2D eigenvalue weighted by molar-refractivity contribution is -0.154. The Kier molecular flexibility index (Phi) is 10.8. The number of hydrogen-bond donors (Lipinski definition) is 1. The van der Waals surface area contributed by atoms with E-state index in [0.717, 1.165) is 29.2 Å². The highest BCUT2D eigenvalue weighted by Gasteiger charge is 2.33. The Bertz CT molecular complexity index is 1680. The molecule has 0 aromatic heterocycles. The molecule has 1 fully saturated rings. The predicted octanol–water partition coefficient (Wildman–Crippen LogP) is 3.18. The zero-order valence-electron chi connectivity index (χ0n) is 26.9. The Balaban J connectivity index is 1.08. The van der Waals surface area contributed by atoms with Crippen LogP contribution in [0.15, 0.2) is 89.5 Å². The highest BCUT2D eigenvalue weighted by Crippen LogP contribution is 2.34. The van der Waals surface area contributed by atoms with Crippen molar-refractivity contribution in [1.29, 1.82) is 0 Å². The molecular weight excluding hydrogens is 638 g/mol. The van der Waals surface area contributed by atoms with Crippen LogP contribution in [0.1, 0.15) is 23.5 Å². The van der Waals surface area contributed by atoms with Crippen LogP contribution in [0.2, 0.25) is 0 Å². The van der Waals surface area contributed by atoms with Gasteiger partial charge in [-0.3, -0.25) is 9.69 Å². The Morgan fingerprint density at radius 1 is 0.958 bits per heavy atom. The van der Waals surface area contributed by atoms with Crippen molar-refractivity contribution < 1.29 is 42.0 Å². The molecule has 13 heteroatoms. The number of methoxy groups -OCH3 is 1. The van der Waals surface area contributed by atoms with E-state index in [1.54, 1.807) is 17.0 Å². The molecule has 0 aliphatic carbocycles. The topological polar surface area (TPSA) is 127 Å². The summed E-state index contributed by atoms with van der Waals surface area (Å²) in [4.78, 5) is 18.0. The zero-order valence-corrected chi connectivity index (χ0v) is 27.7. The molecule has 3 aliphatic heterocycles. The zero-order chi connectivity index (χ0) is 33.5. The molecular formula is C35H41N3O9S. The number of allylic oxidation sites excluding steroid dienone is 1. The normalized spacial score (nSPS) is 19.6. The Hall–Kier alpha value is -4.14. The third kappa shape index (κ3) is 7.93. The van der Waals surface area contributed by atoms with Crippen LogP contribution in [0, 0.1) is 0 Å². The smallest absolute Gasteiger partial charge is 0.288 e. The number of nitrogens with zero attached hydrogens (tertiary/aromatic N) is 3. The minimum absolute atomic E-state index is 0.00155. The minimum atomic E-state index is -3.90. The number of amides is 1. The average Bonchev–Trinajstić information content (AvgIpc) is 3.60. The standard InChI is InChI=1S/C35H41N3O9S/c1-43-29-8-10-30(11-9-29)48(41,42)38(17-19-39)18-20-44-34-23-28(27-5-3-2-4-6-27)22-33(47-34)35(40)37-15-13-36(14-16-37)24-26-7-12-31-32(21-26)46-25-45-31/h2-12,21-22,28,34,39H,13-20,23-25H2,1H3/t28-,34+/m1/s1. The highest BCUT2D eigenvalue weighted by atomic mass is 32.2. The van der Waals surface area contributed by atoms with Crippen molar-refractivity contribution in [2.75, 3.05) is 66.4 Å². The van der Waals surface area contributed by atoms with Gasteiger partial charge in [0.1, 0.15) is 5.75 Å². The molecule has 3 aromatic rings. The minimum Gasteiger partial charge on any atom is -0.497 e. The maximum absolute atomic E-state index is 13.8. The third-order valence-electron chi connectivity index (χ3n) is 8.69. The van der Waals surface area contributed by atoms with Gasteiger partial charge in [-0.05, 0) is 53.6 Å². The molecule has 3 aromatic carbocycles. The van der Waals surface area contributed by atoms with Crippen molar-refractivity contribution in [2.24, 2.45) is 0 Å². The van der Waals surface area contributed by atoms with Gasteiger partial charge >= 0.3 is 0 Å². The molecule has 1 amide bonds. The number of ether oxygens (including phenoxy) is 5. The van der Waals surface area contributed by atoms with Gasteiger partial charge in [0.15, 0.2) is 17.3 Å². The van der Waals surface area contributed by atoms with Crippen molar-refractivity contribution in [3.8, 4) is 17.2 Å². The van der Waals surface area contributed by atoms with E-state index in [2.05, 4.69) is 4.90 Å². The average molecular weight is 680 g/mol. The lowest BCUT2D eigenvalue weighted by Gasteiger charge is -2.36. The molecule has 0 radical (unpaired) electrons. The van der Waals surface area contributed by atoms with Crippen molar-refractivity contribution in [3.63, 3.8) is 0 Å². The van der Waals surface area contributed by atoms with E-state index in [4.69, 9.17) is 23.7 Å². The second-order valence-electron chi connectivity index (χ2n) is 11.8. The van der Waals surface area contributed by atoms with Crippen LogP contribution in [0.3, 0.4) is 0 Å². The van der Waals surface area contributed by atoms with Gasteiger partial charge in [-0.25, -0.2) is 8.42 Å². The monoisotopic (exact) mass is 679 g/mol. The first-order valence-corrected chi connectivity index (χ1v) is 17.5. The number of aliphatic hydroxyl groups is 1. The van der Waals surface area contributed by atoms with Crippen LogP contribution in [-0.4, -0.2) is 106 Å². The molecule has 12 nitrogen and oxygen atoms in total. The van der Waals surface area contributed by atoms with Gasteiger partial charge in [-0.15, -0.1) is 0 Å². The summed E-state index contributed by atoms with van der Waals surface area (Å²) in [5.74, 6) is 1.94. The largest absolute Gasteiger partial charge is 0.497 e. The van der Waals surface area contributed by atoms with E-state index in [0.29, 0.717) is 38.3 Å². The second-order valence-corrected chi connectivity index (χ2v) is 13.7. The Morgan fingerprint density at radius 3 is 2.44 bits per heavy atom. The van der Waals surface area contributed by atoms with Gasteiger partial charge in [0.2, 0.25) is 23.1 Å². The molecule has 6 rings (SSSR count). The third-order valence-corrected chi connectivity index (χ3v) is 10.6. The highest BCUT2D eigenvalue weighted by molar-refractivity contribution is 7.89. The summed E-state index contributed by atoms with van der Waals surface area (Å²) in [6.07, 6.45) is 1.55. The molecule has 2 atom stereocenters. The Morgan fingerprint density at radius 2 is 1.71 bits per heavy atom. The van der Waals surface area contributed by atoms with E-state index in [9.17, 15) is 18.3 Å². The number of rotatable bonds is 13. The van der Waals surface area contributed by atoms with E-state index < -0.39 is 16.3 Å². The van der Waals surface area contributed by atoms with Crippen LogP contribution >= 0.6 is 0 Å². The van der Waals surface area contributed by atoms with E-state index in [1.165, 1.54) is 23.5 Å². The summed E-state index contributed by atoms with van der Waals surface area (Å²) < 4.78 is 56.2. The molecule has 0 unspecified atom stereocenters. The second kappa shape index (κ2) is 15.4. The lowest BCUT2D eigenvalue weighted by Crippen LogP contribution is -2.49. The fourth-order valence-electron chi connectivity index (χ4n) is 6.05. The molecule has 0 spiro atoms. The maximum atomic E-state index is 13.8. The molecule has 48 heavy (non-hydrogen) atoms. The number of sulfonamides is 1. The van der Waals surface area contributed by atoms with E-state index in [1.807, 2.05) is 54.6 Å². The summed E-state index contributed by atoms with van der Waals surface area (Å²) in [7, 11) is -2.40. The fraction of sp³-hybridized carbons (Fsp3) is 0.400. The van der Waals surface area contributed by atoms with Gasteiger partial charge in [-0.2, -0.15) is 4.31 Å². The number of aliphatic hydroxyl groups excluding tert-OH is 1. The Labute approximate surface area is 281 Å². The van der Waals surface area contributed by atoms with Crippen LogP contribution in [0.25, 0.3) is 0 Å². The van der Waals surface area contributed by atoms with Gasteiger partial charge < -0.3 is 33.7 Å². The number of hydrogen-bond acceptors (Lipinski definition) is 10. The van der Waals surface area contributed by atoms with Gasteiger partial charge in [0.05, 0.1) is 25.2 Å². The first-order valence-electron chi connectivity index (χ1n) is 16.0. The summed E-state index contributed by atoms with van der Waals surface area (Å²) >= 11 is 0. The first kappa shape index (κ1) is 33.7. The molecule has 256 valence electrons. The molecule has 0 saturated carbocycles. The molecule has 1 N–H and O–H groups in total. The number of carbonyl (C=O) groups excluding carboxylic acids is 1. The summed E-state index contributed by atoms with van der Waals surface area (Å²) in [5.41, 5.74) is 2.15. The molecule has 3 heterocycles. The first-order chi connectivity index (χ1) is 23.3. The quantitative estimate of drug-likeness (QED) is 0.288. The van der Waals surface area contributed by atoms with E-state index >= 15 is 0 Å². The van der Waals surface area contributed by atoms with Gasteiger partial charge in [0.25, 0.3) is 5.91 Å². The van der Waals surface area contributed by atoms with E-state index in [-0.39, 0.29) is 55.6 Å². The van der Waals surface area contributed by atoms with Crippen LogP contribution < -0.4 is 14.2 Å². The van der Waals surface area contributed by atoms with Crippen molar-refractivity contribution >= 4 is 15.9 Å². The lowest BCUT2D eigenvalue weighted by atomic mass is 9.93. The molecule has 3 aliphatic rings. The SMILES string of the molecule is COc1ccc(S(=O)(=O)N(CCO)CCO[C@@H]2C[C@H](c3ccccc3)C=C(C(=O)N3CCN(Cc4ccc5c(c4)OCO5)CC3)O2)cc1. The number of benzene rings is 3. The van der Waals surface area contributed by atoms with Crippen molar-refractivity contribution in [3.05, 3.63) is 95.8 Å². The van der Waals surface area contributed by atoms with Gasteiger partial charge in [-0.1, -0.05) is 36.4 Å². The number of carbonyl (C=O) groups is 1. The summed E-state index contributed by atoms with van der Waals surface area (Å²) in [6, 6.07) is 21.9. The summed E-state index contributed by atoms with van der Waals surface area (Å²) in [6.45, 7) is 3.03. The number of piperazine rings is 1.